The molecular weight excluding hydrogens is 562 g/mol. The van der Waals surface area contributed by atoms with E-state index in [0.29, 0.717) is 13.0 Å². The van der Waals surface area contributed by atoms with Gasteiger partial charge in [-0.25, -0.2) is 0 Å². The van der Waals surface area contributed by atoms with Crippen LogP contribution in [0.2, 0.25) is 0 Å². The van der Waals surface area contributed by atoms with Gasteiger partial charge in [0.2, 0.25) is 17.7 Å². The highest BCUT2D eigenvalue weighted by atomic mass is 16.5. The minimum absolute atomic E-state index is 0.0598. The number of nitrogens with zero attached hydrogens (tertiary/aromatic N) is 2. The van der Waals surface area contributed by atoms with Crippen molar-refractivity contribution in [3.8, 4) is 0 Å². The topological polar surface area (TPSA) is 125 Å². The van der Waals surface area contributed by atoms with Crippen LogP contribution in [0.15, 0.2) is 54.6 Å². The minimum atomic E-state index is -1.42. The van der Waals surface area contributed by atoms with Crippen molar-refractivity contribution in [1.82, 2.24) is 15.1 Å². The number of β-amino-alcohol motifs (C(OH)–C–C–N with tert-alkyl or cyclic N) is 1. The lowest BCUT2D eigenvalue weighted by molar-refractivity contribution is -0.152. The van der Waals surface area contributed by atoms with Gasteiger partial charge in [-0.3, -0.25) is 19.2 Å². The van der Waals surface area contributed by atoms with Gasteiger partial charge in [0.15, 0.2) is 0 Å². The number of benzene rings is 1. The van der Waals surface area contributed by atoms with Crippen molar-refractivity contribution in [3.05, 3.63) is 60.2 Å². The van der Waals surface area contributed by atoms with Gasteiger partial charge in [0.1, 0.15) is 18.2 Å². The van der Waals surface area contributed by atoms with Crippen molar-refractivity contribution in [2.24, 2.45) is 17.3 Å². The third kappa shape index (κ3) is 5.94. The Morgan fingerprint density at radius 1 is 1.02 bits per heavy atom. The summed E-state index contributed by atoms with van der Waals surface area (Å²) in [7, 11) is 0. The second-order valence-electron chi connectivity index (χ2n) is 14.1. The molecular formula is C34H45N3O7. The fourth-order valence-corrected chi connectivity index (χ4v) is 7.72. The summed E-state index contributed by atoms with van der Waals surface area (Å²) >= 11 is 0. The molecule has 6 atom stereocenters. The average molecular weight is 608 g/mol. The maximum atomic E-state index is 14.6. The van der Waals surface area contributed by atoms with Crippen LogP contribution in [0.25, 0.3) is 0 Å². The summed E-state index contributed by atoms with van der Waals surface area (Å²) in [5.74, 6) is -3.44. The fraction of sp³-hybridized carbons (Fsp3) is 0.588. The number of rotatable bonds is 5. The lowest BCUT2D eigenvalue weighted by Gasteiger charge is -2.44. The molecule has 0 saturated carbocycles. The smallest absolute Gasteiger partial charge is 0.306 e. The van der Waals surface area contributed by atoms with Crippen LogP contribution in [-0.2, 0) is 28.7 Å². The van der Waals surface area contributed by atoms with E-state index in [9.17, 15) is 24.3 Å². The number of allylic oxidation sites excluding steroid dienone is 1. The molecule has 10 nitrogen and oxygen atoms in total. The number of hydrogen-bond acceptors (Lipinski definition) is 7. The molecule has 0 unspecified atom stereocenters. The Kier molecular flexibility index (Phi) is 8.79. The molecule has 2 N–H and O–H groups in total. The maximum absolute atomic E-state index is 14.6. The van der Waals surface area contributed by atoms with Crippen molar-refractivity contribution in [1.29, 1.82) is 0 Å². The lowest BCUT2D eigenvalue weighted by atomic mass is 9.77. The van der Waals surface area contributed by atoms with Gasteiger partial charge in [-0.1, -0.05) is 75.4 Å². The number of nitrogens with one attached hydrogen (secondary N) is 1. The summed E-state index contributed by atoms with van der Waals surface area (Å²) in [5, 5.41) is 13.0. The van der Waals surface area contributed by atoms with E-state index >= 15 is 0 Å². The predicted molar refractivity (Wildman–Crippen MR) is 163 cm³/mol. The van der Waals surface area contributed by atoms with Crippen LogP contribution < -0.4 is 5.32 Å². The van der Waals surface area contributed by atoms with E-state index in [0.717, 1.165) is 12.0 Å². The van der Waals surface area contributed by atoms with Crippen molar-refractivity contribution >= 4 is 23.7 Å². The molecule has 4 heterocycles. The largest absolute Gasteiger partial charge is 0.463 e. The molecule has 10 heteroatoms. The summed E-state index contributed by atoms with van der Waals surface area (Å²) in [6.45, 7) is 10.3. The molecule has 0 bridgehead atoms. The first-order valence-corrected chi connectivity index (χ1v) is 15.5. The van der Waals surface area contributed by atoms with Crippen LogP contribution in [0.4, 0.5) is 0 Å². The van der Waals surface area contributed by atoms with Crippen molar-refractivity contribution in [2.45, 2.75) is 83.2 Å². The van der Waals surface area contributed by atoms with Crippen LogP contribution in [0.5, 0.6) is 0 Å². The zero-order valence-electron chi connectivity index (χ0n) is 26.3. The van der Waals surface area contributed by atoms with Gasteiger partial charge in [0.05, 0.1) is 30.6 Å². The van der Waals surface area contributed by atoms with Crippen molar-refractivity contribution in [2.75, 3.05) is 26.3 Å². The number of ether oxygens (including phenoxy) is 2. The van der Waals surface area contributed by atoms with Crippen LogP contribution in [0, 0.1) is 17.3 Å². The molecule has 1 aromatic carbocycles. The van der Waals surface area contributed by atoms with E-state index in [1.807, 2.05) is 50.3 Å². The normalized spacial score (nSPS) is 32.1. The van der Waals surface area contributed by atoms with Gasteiger partial charge < -0.3 is 29.7 Å². The molecule has 0 radical (unpaired) electrons. The highest BCUT2D eigenvalue weighted by molar-refractivity contribution is 6.00. The Morgan fingerprint density at radius 3 is 2.43 bits per heavy atom. The lowest BCUT2D eigenvalue weighted by Crippen LogP contribution is -2.60. The number of hydrogen-bond donors (Lipinski definition) is 2. The van der Waals surface area contributed by atoms with Crippen LogP contribution in [0.3, 0.4) is 0 Å². The van der Waals surface area contributed by atoms with Crippen molar-refractivity contribution < 1.29 is 33.8 Å². The Labute approximate surface area is 259 Å². The second-order valence-corrected chi connectivity index (χ2v) is 14.1. The number of esters is 1. The number of aliphatic hydroxyl groups excluding tert-OH is 1. The zero-order valence-corrected chi connectivity index (χ0v) is 26.3. The van der Waals surface area contributed by atoms with Crippen LogP contribution >= 0.6 is 0 Å². The number of amides is 3. The standard InChI is InChI=1S/C34H45N3O7/c1-32(2,3)21-33(4,5)37-17-11-16-34-27(30(41)36(18-19-38)28(34)31(37)42)26-24(44-34)14-9-10-15-25(39)43-20-23(35-29(26)40)22-12-7-6-8-13-22/h6-9,11-14,16,23-24,26-28,38H,10,15,17-21H2,1-5H3,(H,35,40)/b14-9-/t23-,24+,26-,27-,28+,34-/m1/s1. The maximum Gasteiger partial charge on any atom is 0.306 e. The van der Waals surface area contributed by atoms with Gasteiger partial charge in [0, 0.05) is 25.0 Å². The summed E-state index contributed by atoms with van der Waals surface area (Å²) in [5.41, 5.74) is -1.27. The Bertz CT molecular complexity index is 1330. The van der Waals surface area contributed by atoms with Crippen LogP contribution in [0.1, 0.15) is 65.5 Å². The van der Waals surface area contributed by atoms with E-state index in [2.05, 4.69) is 26.1 Å². The van der Waals surface area contributed by atoms with E-state index in [-0.39, 0.29) is 43.5 Å². The molecule has 2 fully saturated rings. The number of fused-ring (bicyclic) bond motifs is 2. The van der Waals surface area contributed by atoms with E-state index in [4.69, 9.17) is 9.47 Å². The van der Waals surface area contributed by atoms with E-state index < -0.39 is 53.0 Å². The molecule has 0 aromatic heterocycles. The predicted octanol–water partition coefficient (Wildman–Crippen LogP) is 2.92. The highest BCUT2D eigenvalue weighted by Gasteiger charge is 2.71. The van der Waals surface area contributed by atoms with Gasteiger partial charge in [0.25, 0.3) is 0 Å². The number of cyclic esters (lactones) is 1. The number of aliphatic hydroxyl groups is 1. The SMILES string of the molecule is CC(C)(C)CC(C)(C)N1CC=C[C@@]23O[C@H]4/C=C\CCC(=O)OC[C@H](c5ccccc5)NC(=O)[C@H]4[C@@H]2C(=O)N(CCO)[C@H]3C1=O. The summed E-state index contributed by atoms with van der Waals surface area (Å²) < 4.78 is 12.2. The third-order valence-electron chi connectivity index (χ3n) is 9.10. The highest BCUT2D eigenvalue weighted by Crippen LogP contribution is 2.53. The molecule has 0 aliphatic carbocycles. The quantitative estimate of drug-likeness (QED) is 0.390. The van der Waals surface area contributed by atoms with Crippen LogP contribution in [-0.4, -0.2) is 88.2 Å². The van der Waals surface area contributed by atoms with E-state index in [1.54, 1.807) is 23.1 Å². The zero-order chi connectivity index (χ0) is 31.9. The van der Waals surface area contributed by atoms with Crippen molar-refractivity contribution in [3.63, 3.8) is 0 Å². The average Bonchev–Trinajstić information content (AvgIpc) is 3.32. The Morgan fingerprint density at radius 2 is 1.75 bits per heavy atom. The Hall–Kier alpha value is -3.50. The number of carbonyl (C=O) groups excluding carboxylic acids is 4. The Balaban J connectivity index is 1.57. The molecule has 3 amide bonds. The first-order valence-electron chi connectivity index (χ1n) is 15.5. The van der Waals surface area contributed by atoms with Gasteiger partial charge in [-0.15, -0.1) is 0 Å². The number of carbonyl (C=O) groups is 4. The molecule has 4 aliphatic rings. The first-order chi connectivity index (χ1) is 20.8. The van der Waals surface area contributed by atoms with Gasteiger partial charge in [-0.2, -0.15) is 0 Å². The van der Waals surface area contributed by atoms with Gasteiger partial charge >= 0.3 is 5.97 Å². The molecule has 5 rings (SSSR count). The minimum Gasteiger partial charge on any atom is -0.463 e. The third-order valence-corrected chi connectivity index (χ3v) is 9.10. The van der Waals surface area contributed by atoms with Gasteiger partial charge in [-0.05, 0) is 37.7 Å². The summed E-state index contributed by atoms with van der Waals surface area (Å²) in [6, 6.07) is 7.52. The molecule has 4 aliphatic heterocycles. The molecule has 238 valence electrons. The fourth-order valence-electron chi connectivity index (χ4n) is 7.72. The number of likely N-dealkylation sites (tertiary alicyclic amines) is 1. The molecule has 1 spiro atoms. The summed E-state index contributed by atoms with van der Waals surface area (Å²) in [6.07, 6.45) is 7.60. The first kappa shape index (κ1) is 31.9. The summed E-state index contributed by atoms with van der Waals surface area (Å²) in [4.78, 5) is 58.8. The molecule has 1 aromatic rings. The van der Waals surface area contributed by atoms with E-state index in [1.165, 1.54) is 4.90 Å². The second kappa shape index (κ2) is 12.1. The molecule has 2 saturated heterocycles. The molecule has 44 heavy (non-hydrogen) atoms. The monoisotopic (exact) mass is 607 g/mol.